The van der Waals surface area contributed by atoms with Crippen molar-refractivity contribution in [2.24, 2.45) is 4.99 Å². The van der Waals surface area contributed by atoms with Crippen LogP contribution < -0.4 is 9.36 Å². The number of anilines is 1. The van der Waals surface area contributed by atoms with E-state index >= 15 is 0 Å². The number of halogens is 3. The van der Waals surface area contributed by atoms with Gasteiger partial charge in [0.05, 0.1) is 0 Å². The minimum atomic E-state index is -4.31. The fourth-order valence-electron chi connectivity index (χ4n) is 2.72. The van der Waals surface area contributed by atoms with Crippen LogP contribution in [-0.4, -0.2) is 26.2 Å². The monoisotopic (exact) mass is 368 g/mol. The summed E-state index contributed by atoms with van der Waals surface area (Å²) < 4.78 is 40.6. The van der Waals surface area contributed by atoms with Gasteiger partial charge in [-0.15, -0.1) is 0 Å². The summed E-state index contributed by atoms with van der Waals surface area (Å²) in [5.74, 6) is 0. The van der Waals surface area contributed by atoms with E-state index < -0.39 is 11.7 Å². The van der Waals surface area contributed by atoms with E-state index in [-0.39, 0.29) is 21.0 Å². The van der Waals surface area contributed by atoms with E-state index in [1.807, 2.05) is 35.2 Å². The predicted molar refractivity (Wildman–Crippen MR) is 80.8 cm³/mol. The van der Waals surface area contributed by atoms with Gasteiger partial charge in [0.15, 0.2) is 0 Å². The van der Waals surface area contributed by atoms with Crippen molar-refractivity contribution in [3.05, 3.63) is 59.7 Å². The third-order valence-electron chi connectivity index (χ3n) is 3.82. The molecule has 0 saturated heterocycles. The second-order valence-electron chi connectivity index (χ2n) is 5.23. The van der Waals surface area contributed by atoms with Crippen molar-refractivity contribution in [2.45, 2.75) is 12.2 Å². The molecule has 0 aromatic heterocycles. The van der Waals surface area contributed by atoms with E-state index in [9.17, 15) is 13.2 Å². The molecule has 112 valence electrons. The molecule has 2 aromatic carbocycles. The van der Waals surface area contributed by atoms with Gasteiger partial charge in [-0.05, 0) is 0 Å². The molecule has 1 atom stereocenters. The van der Waals surface area contributed by atoms with Gasteiger partial charge in [0.2, 0.25) is 0 Å². The van der Waals surface area contributed by atoms with Gasteiger partial charge in [0, 0.05) is 0 Å². The number of fused-ring (bicyclic) bond motifs is 3. The Morgan fingerprint density at radius 1 is 1.09 bits per heavy atom. The fraction of sp³-hybridized carbons (Fsp3) is 0.188. The molecule has 0 radical (unpaired) electrons. The Hall–Kier alpha value is -1.78. The predicted octanol–water partition coefficient (Wildman–Crippen LogP) is 2.97. The number of alkyl halides is 3. The molecule has 0 unspecified atom stereocenters. The van der Waals surface area contributed by atoms with Gasteiger partial charge in [-0.2, -0.15) is 0 Å². The summed E-state index contributed by atoms with van der Waals surface area (Å²) in [6.45, 7) is 0.620. The molecule has 22 heavy (non-hydrogen) atoms. The second-order valence-corrected chi connectivity index (χ2v) is 7.35. The fourth-order valence-corrected chi connectivity index (χ4v) is 4.97. The maximum absolute atomic E-state index is 12.9. The molecule has 4 rings (SSSR count). The third-order valence-corrected chi connectivity index (χ3v) is 6.07. The van der Waals surface area contributed by atoms with E-state index in [1.165, 1.54) is 6.07 Å². The van der Waals surface area contributed by atoms with Crippen molar-refractivity contribution in [1.29, 1.82) is 0 Å². The molecule has 6 heteroatoms. The number of nitrogens with zero attached hydrogens (tertiary/aromatic N) is 2. The average Bonchev–Trinajstić information content (AvgIpc) is 3.04. The van der Waals surface area contributed by atoms with Crippen LogP contribution in [0.2, 0.25) is 0 Å². The van der Waals surface area contributed by atoms with Gasteiger partial charge in [-0.1, -0.05) is 0 Å². The van der Waals surface area contributed by atoms with Crippen LogP contribution in [0.1, 0.15) is 17.2 Å². The molecule has 0 N–H and O–H groups in total. The van der Waals surface area contributed by atoms with Gasteiger partial charge >= 0.3 is 131 Å². The number of rotatable bonds is 1. The Labute approximate surface area is 131 Å². The molecule has 2 aromatic rings. The molecule has 2 nitrogen and oxygen atoms in total. The summed E-state index contributed by atoms with van der Waals surface area (Å²) >= 11 is -0.0109. The zero-order chi connectivity index (χ0) is 15.3. The Morgan fingerprint density at radius 2 is 1.86 bits per heavy atom. The van der Waals surface area contributed by atoms with Crippen LogP contribution in [-0.2, 0) is 6.18 Å². The molecular formula is C16H11F3N2Se. The number of aliphatic imine (C=N–C) groups is 1. The quantitative estimate of drug-likeness (QED) is 0.708. The first-order valence-electron chi connectivity index (χ1n) is 6.82. The SMILES string of the molecule is FC(F)(F)c1ccc2c(c1)N1C[C@@H](c3ccccc3)N=C1[Se]2. The molecule has 0 fully saturated rings. The Kier molecular flexibility index (Phi) is 3.06. The molecule has 2 heterocycles. The zero-order valence-electron chi connectivity index (χ0n) is 11.3. The van der Waals surface area contributed by atoms with Gasteiger partial charge in [-0.3, -0.25) is 0 Å². The summed E-state index contributed by atoms with van der Waals surface area (Å²) in [7, 11) is 0. The van der Waals surface area contributed by atoms with Crippen molar-refractivity contribution in [2.75, 3.05) is 11.4 Å². The summed E-state index contributed by atoms with van der Waals surface area (Å²) in [5, 5.41) is 0. The number of hydrogen-bond acceptors (Lipinski definition) is 2. The van der Waals surface area contributed by atoms with Crippen LogP contribution in [0.15, 0.2) is 53.5 Å². The Morgan fingerprint density at radius 3 is 2.59 bits per heavy atom. The van der Waals surface area contributed by atoms with Crippen molar-refractivity contribution in [3.63, 3.8) is 0 Å². The van der Waals surface area contributed by atoms with Crippen LogP contribution >= 0.6 is 0 Å². The van der Waals surface area contributed by atoms with E-state index in [2.05, 4.69) is 0 Å². The van der Waals surface area contributed by atoms with Crippen molar-refractivity contribution in [1.82, 2.24) is 0 Å². The van der Waals surface area contributed by atoms with Crippen molar-refractivity contribution < 1.29 is 13.2 Å². The number of amidine groups is 1. The summed E-state index contributed by atoms with van der Waals surface area (Å²) in [6, 6.07) is 13.9. The Bertz CT molecular complexity index is 756. The van der Waals surface area contributed by atoms with E-state index in [1.54, 1.807) is 6.07 Å². The molecule has 0 saturated carbocycles. The summed E-state index contributed by atoms with van der Waals surface area (Å²) in [4.78, 5) is 6.66. The molecule has 0 aliphatic carbocycles. The molecule has 0 spiro atoms. The van der Waals surface area contributed by atoms with E-state index in [0.717, 1.165) is 20.8 Å². The van der Waals surface area contributed by atoms with Crippen LogP contribution in [0.4, 0.5) is 18.9 Å². The van der Waals surface area contributed by atoms with Crippen LogP contribution in [0.3, 0.4) is 0 Å². The average molecular weight is 367 g/mol. The second kappa shape index (κ2) is 4.86. The van der Waals surface area contributed by atoms with E-state index in [0.29, 0.717) is 12.2 Å². The van der Waals surface area contributed by atoms with Crippen LogP contribution in [0, 0.1) is 0 Å². The zero-order valence-corrected chi connectivity index (χ0v) is 13.1. The summed E-state index contributed by atoms with van der Waals surface area (Å²) in [5.41, 5.74) is 1.19. The number of benzene rings is 2. The number of hydrogen-bond donors (Lipinski definition) is 0. The minimum absolute atomic E-state index is 0.0109. The standard InChI is InChI=1S/C16H11F3N2Se/c17-16(18,19)11-6-7-14-13(8-11)21-9-12(20-15(21)22-14)10-4-2-1-3-5-10/h1-8,12H,9H2/t12-/m0/s1. The Balaban J connectivity index is 1.67. The van der Waals surface area contributed by atoms with Crippen molar-refractivity contribution in [3.8, 4) is 0 Å². The first-order chi connectivity index (χ1) is 10.5. The molecule has 0 bridgehead atoms. The third kappa shape index (κ3) is 2.23. The molecular weight excluding hydrogens is 356 g/mol. The van der Waals surface area contributed by atoms with Gasteiger partial charge in [0.25, 0.3) is 0 Å². The van der Waals surface area contributed by atoms with Crippen LogP contribution in [0.25, 0.3) is 0 Å². The van der Waals surface area contributed by atoms with Gasteiger partial charge in [0.1, 0.15) is 0 Å². The molecule has 2 aliphatic rings. The maximum atomic E-state index is 12.9. The first kappa shape index (κ1) is 13.9. The van der Waals surface area contributed by atoms with Crippen LogP contribution in [0.5, 0.6) is 0 Å². The first-order valence-corrected chi connectivity index (χ1v) is 8.53. The van der Waals surface area contributed by atoms with Crippen molar-refractivity contribution >= 4 is 29.8 Å². The molecule has 0 amide bonds. The topological polar surface area (TPSA) is 15.6 Å². The van der Waals surface area contributed by atoms with E-state index in [4.69, 9.17) is 4.99 Å². The molecule has 2 aliphatic heterocycles. The summed E-state index contributed by atoms with van der Waals surface area (Å²) in [6.07, 6.45) is -4.31. The van der Waals surface area contributed by atoms with Gasteiger partial charge in [-0.25, -0.2) is 0 Å². The van der Waals surface area contributed by atoms with Gasteiger partial charge < -0.3 is 0 Å². The normalized spacial score (nSPS) is 19.9.